The molecule has 0 saturated carbocycles. The zero-order valence-corrected chi connectivity index (χ0v) is 8.68. The summed E-state index contributed by atoms with van der Waals surface area (Å²) in [6, 6.07) is 1.68. The highest BCUT2D eigenvalue weighted by atomic mass is 19.4. The molecule has 0 spiro atoms. The third-order valence-corrected chi connectivity index (χ3v) is 2.13. The molecule has 0 saturated heterocycles. The molecule has 0 fully saturated rings. The lowest BCUT2D eigenvalue weighted by molar-refractivity contribution is -0.138. The Hall–Kier alpha value is -1.37. The van der Waals surface area contributed by atoms with Gasteiger partial charge in [-0.05, 0) is 12.1 Å². The normalized spacial score (nSPS) is 12.6. The van der Waals surface area contributed by atoms with E-state index in [-0.39, 0.29) is 0 Å². The number of aliphatic hydroxyl groups is 1. The van der Waals surface area contributed by atoms with E-state index in [1.54, 1.807) is 0 Å². The molecule has 0 aliphatic rings. The highest BCUT2D eigenvalue weighted by molar-refractivity contribution is 5.41. The Morgan fingerprint density at radius 1 is 1.18 bits per heavy atom. The third kappa shape index (κ3) is 2.85. The Labute approximate surface area is 93.6 Å². The summed E-state index contributed by atoms with van der Waals surface area (Å²) in [6.07, 6.45) is -4.68. The van der Waals surface area contributed by atoms with E-state index < -0.39 is 35.6 Å². The van der Waals surface area contributed by atoms with Crippen molar-refractivity contribution < 1.29 is 31.8 Å². The molecule has 0 heterocycles. The first-order valence-corrected chi connectivity index (χ1v) is 4.47. The van der Waals surface area contributed by atoms with Crippen LogP contribution in [0.4, 0.5) is 22.0 Å². The van der Waals surface area contributed by atoms with Crippen molar-refractivity contribution in [2.75, 3.05) is 13.7 Å². The zero-order chi connectivity index (χ0) is 13.3. The number of rotatable bonds is 3. The maximum atomic E-state index is 13.0. The van der Waals surface area contributed by atoms with E-state index >= 15 is 0 Å². The lowest BCUT2D eigenvalue weighted by Crippen LogP contribution is -2.19. The number of ether oxygens (including phenoxy) is 1. The van der Waals surface area contributed by atoms with Gasteiger partial charge in [0, 0.05) is 5.56 Å². The van der Waals surface area contributed by atoms with Gasteiger partial charge in [0.15, 0.2) is 0 Å². The van der Waals surface area contributed by atoms with Crippen LogP contribution in [0.25, 0.3) is 0 Å². The Balaban J connectivity index is 3.27. The summed E-state index contributed by atoms with van der Waals surface area (Å²) in [5, 5.41) is 8.43. The van der Waals surface area contributed by atoms with E-state index in [1.807, 2.05) is 0 Å². The van der Waals surface area contributed by atoms with Crippen molar-refractivity contribution in [2.45, 2.75) is 12.1 Å². The van der Waals surface area contributed by atoms with Crippen molar-refractivity contribution in [3.05, 3.63) is 29.3 Å². The van der Waals surface area contributed by atoms with Crippen LogP contribution in [0.15, 0.2) is 18.2 Å². The lowest BCUT2D eigenvalue weighted by Gasteiger charge is -2.17. The minimum Gasteiger partial charge on any atom is -0.496 e. The summed E-state index contributed by atoms with van der Waals surface area (Å²) in [6.45, 7) is -1.48. The minimum absolute atomic E-state index is 0.498. The van der Waals surface area contributed by atoms with Crippen LogP contribution < -0.4 is 4.74 Å². The van der Waals surface area contributed by atoms with Gasteiger partial charge < -0.3 is 9.84 Å². The molecule has 0 radical (unpaired) electrons. The second-order valence-electron chi connectivity index (χ2n) is 3.28. The van der Waals surface area contributed by atoms with Crippen LogP contribution in [0, 0.1) is 0 Å². The van der Waals surface area contributed by atoms with E-state index in [4.69, 9.17) is 5.11 Å². The topological polar surface area (TPSA) is 29.5 Å². The molecule has 0 atom stereocenters. The molecule has 0 aliphatic carbocycles. The van der Waals surface area contributed by atoms with Crippen molar-refractivity contribution >= 4 is 0 Å². The summed E-state index contributed by atoms with van der Waals surface area (Å²) in [5.41, 5.74) is -1.87. The van der Waals surface area contributed by atoms with E-state index in [1.165, 1.54) is 0 Å². The summed E-state index contributed by atoms with van der Waals surface area (Å²) in [4.78, 5) is 0. The van der Waals surface area contributed by atoms with Crippen molar-refractivity contribution in [1.29, 1.82) is 0 Å². The number of alkyl halides is 5. The molecule has 1 N–H and O–H groups in total. The number of aliphatic hydroxyl groups excluding tert-OH is 1. The van der Waals surface area contributed by atoms with Gasteiger partial charge in [-0.25, -0.2) is 0 Å². The molecule has 2 nitrogen and oxygen atoms in total. The van der Waals surface area contributed by atoms with Gasteiger partial charge in [0.05, 0.1) is 12.7 Å². The van der Waals surface area contributed by atoms with Crippen LogP contribution in [0.3, 0.4) is 0 Å². The third-order valence-electron chi connectivity index (χ3n) is 2.13. The maximum Gasteiger partial charge on any atom is 0.419 e. The Morgan fingerprint density at radius 2 is 1.76 bits per heavy atom. The van der Waals surface area contributed by atoms with Crippen molar-refractivity contribution in [2.24, 2.45) is 0 Å². The van der Waals surface area contributed by atoms with Gasteiger partial charge in [0.1, 0.15) is 12.4 Å². The molecule has 96 valence electrons. The predicted octanol–water partition coefficient (Wildman–Crippen LogP) is 2.80. The molecule has 17 heavy (non-hydrogen) atoms. The van der Waals surface area contributed by atoms with Gasteiger partial charge in [-0.1, -0.05) is 6.07 Å². The second kappa shape index (κ2) is 4.48. The van der Waals surface area contributed by atoms with E-state index in [0.717, 1.165) is 7.11 Å². The second-order valence-corrected chi connectivity index (χ2v) is 3.28. The Kier molecular flexibility index (Phi) is 3.61. The molecule has 0 unspecified atom stereocenters. The molecule has 0 bridgehead atoms. The highest BCUT2D eigenvalue weighted by Gasteiger charge is 2.37. The zero-order valence-electron chi connectivity index (χ0n) is 8.68. The fourth-order valence-electron chi connectivity index (χ4n) is 1.24. The van der Waals surface area contributed by atoms with Crippen molar-refractivity contribution in [3.8, 4) is 5.75 Å². The van der Waals surface area contributed by atoms with Crippen LogP contribution in [-0.4, -0.2) is 18.8 Å². The fraction of sp³-hybridized carbons (Fsp3) is 0.400. The van der Waals surface area contributed by atoms with Crippen LogP contribution in [0.5, 0.6) is 5.75 Å². The number of halogens is 5. The van der Waals surface area contributed by atoms with Crippen LogP contribution in [-0.2, 0) is 12.1 Å². The fourth-order valence-corrected chi connectivity index (χ4v) is 1.24. The SMILES string of the molecule is COc1cc(C(F)(F)CO)ccc1C(F)(F)F. The van der Waals surface area contributed by atoms with Crippen LogP contribution in [0.1, 0.15) is 11.1 Å². The summed E-state index contributed by atoms with van der Waals surface area (Å²) < 4.78 is 67.8. The molecule has 0 amide bonds. The first kappa shape index (κ1) is 13.7. The molecule has 1 aromatic carbocycles. The van der Waals surface area contributed by atoms with Crippen molar-refractivity contribution in [1.82, 2.24) is 0 Å². The standard InChI is InChI=1S/C10H9F5O2/c1-17-8-4-6(9(11,12)5-16)2-3-7(8)10(13,14)15/h2-4,16H,5H2,1H3. The first-order chi connectivity index (χ1) is 7.72. The lowest BCUT2D eigenvalue weighted by atomic mass is 10.1. The van der Waals surface area contributed by atoms with Gasteiger partial charge in [0.25, 0.3) is 5.92 Å². The minimum atomic E-state index is -4.68. The van der Waals surface area contributed by atoms with Crippen LogP contribution >= 0.6 is 0 Å². The molecule has 1 rings (SSSR count). The quantitative estimate of drug-likeness (QED) is 0.842. The number of methoxy groups -OCH3 is 1. The van der Waals surface area contributed by atoms with Gasteiger partial charge in [-0.2, -0.15) is 22.0 Å². The van der Waals surface area contributed by atoms with E-state index in [9.17, 15) is 22.0 Å². The van der Waals surface area contributed by atoms with Crippen LogP contribution in [0.2, 0.25) is 0 Å². The smallest absolute Gasteiger partial charge is 0.419 e. The molecule has 7 heteroatoms. The van der Waals surface area contributed by atoms with Gasteiger partial charge in [0.2, 0.25) is 0 Å². The number of hydrogen-bond acceptors (Lipinski definition) is 2. The highest BCUT2D eigenvalue weighted by Crippen LogP contribution is 2.39. The molecular weight excluding hydrogens is 247 g/mol. The van der Waals surface area contributed by atoms with E-state index in [0.29, 0.717) is 18.2 Å². The molecule has 1 aromatic rings. The predicted molar refractivity (Wildman–Crippen MR) is 49.0 cm³/mol. The monoisotopic (exact) mass is 256 g/mol. The average molecular weight is 256 g/mol. The molecule has 0 aliphatic heterocycles. The summed E-state index contributed by atoms with van der Waals surface area (Å²) in [5.74, 6) is -4.31. The Morgan fingerprint density at radius 3 is 2.18 bits per heavy atom. The number of hydrogen-bond donors (Lipinski definition) is 1. The largest absolute Gasteiger partial charge is 0.496 e. The Bertz CT molecular complexity index is 400. The number of benzene rings is 1. The van der Waals surface area contributed by atoms with Gasteiger partial charge >= 0.3 is 6.18 Å². The first-order valence-electron chi connectivity index (χ1n) is 4.47. The van der Waals surface area contributed by atoms with Gasteiger partial charge in [-0.3, -0.25) is 0 Å². The van der Waals surface area contributed by atoms with Gasteiger partial charge in [-0.15, -0.1) is 0 Å². The summed E-state index contributed by atoms with van der Waals surface area (Å²) in [7, 11) is 0.950. The average Bonchev–Trinajstić information content (AvgIpc) is 2.27. The molecule has 0 aromatic heterocycles. The van der Waals surface area contributed by atoms with E-state index in [2.05, 4.69) is 4.74 Å². The van der Waals surface area contributed by atoms with Crippen molar-refractivity contribution in [3.63, 3.8) is 0 Å². The molecular formula is C10H9F5O2. The maximum absolute atomic E-state index is 13.0. The summed E-state index contributed by atoms with van der Waals surface area (Å²) >= 11 is 0.